The molecule has 19 heavy (non-hydrogen) atoms. The second-order valence-electron chi connectivity index (χ2n) is 4.49. The molecule has 1 fully saturated rings. The van der Waals surface area contributed by atoms with Crippen molar-refractivity contribution in [1.82, 2.24) is 4.98 Å². The first-order chi connectivity index (χ1) is 9.29. The van der Waals surface area contributed by atoms with E-state index in [0.717, 1.165) is 30.0 Å². The van der Waals surface area contributed by atoms with Crippen molar-refractivity contribution in [3.63, 3.8) is 0 Å². The smallest absolute Gasteiger partial charge is 0.146 e. The van der Waals surface area contributed by atoms with Gasteiger partial charge >= 0.3 is 0 Å². The standard InChI is InChI=1S/C13H15BrN2O2S/c1-17-8-9-7-16(3-4-18-9)13-12-10(2-5-19-12)11(14)6-15-13/h2,5-6,9H,3-4,7-8H2,1H3/t9-/m1/s1. The number of hydrogen-bond acceptors (Lipinski definition) is 5. The molecule has 0 radical (unpaired) electrons. The van der Waals surface area contributed by atoms with Gasteiger partial charge in [0, 0.05) is 36.3 Å². The number of aromatic nitrogens is 1. The molecule has 0 saturated carbocycles. The van der Waals surface area contributed by atoms with Crippen LogP contribution in [0.5, 0.6) is 0 Å². The third-order valence-corrected chi connectivity index (χ3v) is 4.76. The normalized spacial score (nSPS) is 20.1. The maximum Gasteiger partial charge on any atom is 0.146 e. The van der Waals surface area contributed by atoms with Gasteiger partial charge in [0.15, 0.2) is 0 Å². The number of pyridine rings is 1. The predicted molar refractivity (Wildman–Crippen MR) is 81.1 cm³/mol. The van der Waals surface area contributed by atoms with Crippen molar-refractivity contribution in [3.8, 4) is 0 Å². The zero-order valence-corrected chi connectivity index (χ0v) is 13.0. The Bertz CT molecular complexity index is 573. The summed E-state index contributed by atoms with van der Waals surface area (Å²) in [6, 6.07) is 2.13. The Labute approximate surface area is 124 Å². The van der Waals surface area contributed by atoms with E-state index >= 15 is 0 Å². The molecule has 4 nitrogen and oxygen atoms in total. The molecule has 6 heteroatoms. The molecule has 2 aromatic heterocycles. The number of ether oxygens (including phenoxy) is 2. The molecule has 0 amide bonds. The number of hydrogen-bond donors (Lipinski definition) is 0. The minimum atomic E-state index is 0.124. The summed E-state index contributed by atoms with van der Waals surface area (Å²) in [6.07, 6.45) is 2.00. The topological polar surface area (TPSA) is 34.6 Å². The fourth-order valence-corrected chi connectivity index (χ4v) is 3.84. The van der Waals surface area contributed by atoms with Gasteiger partial charge in [-0.15, -0.1) is 11.3 Å². The number of halogens is 1. The number of methoxy groups -OCH3 is 1. The summed E-state index contributed by atoms with van der Waals surface area (Å²) >= 11 is 5.28. The second-order valence-corrected chi connectivity index (χ2v) is 6.26. The van der Waals surface area contributed by atoms with Crippen LogP contribution in [0.4, 0.5) is 5.82 Å². The monoisotopic (exact) mass is 342 g/mol. The maximum absolute atomic E-state index is 5.69. The van der Waals surface area contributed by atoms with Crippen LogP contribution in [0.1, 0.15) is 0 Å². The van der Waals surface area contributed by atoms with Gasteiger partial charge in [0.2, 0.25) is 0 Å². The zero-order valence-electron chi connectivity index (χ0n) is 10.6. The van der Waals surface area contributed by atoms with E-state index < -0.39 is 0 Å². The van der Waals surface area contributed by atoms with E-state index in [0.29, 0.717) is 6.61 Å². The number of thiophene rings is 1. The Kier molecular flexibility index (Phi) is 4.02. The van der Waals surface area contributed by atoms with Crippen molar-refractivity contribution >= 4 is 43.2 Å². The van der Waals surface area contributed by atoms with E-state index in [1.54, 1.807) is 18.4 Å². The number of nitrogens with zero attached hydrogens (tertiary/aromatic N) is 2. The molecular weight excluding hydrogens is 328 g/mol. The molecule has 1 aliphatic heterocycles. The number of fused-ring (bicyclic) bond motifs is 1. The van der Waals surface area contributed by atoms with Crippen LogP contribution in [-0.2, 0) is 9.47 Å². The van der Waals surface area contributed by atoms with Crippen molar-refractivity contribution < 1.29 is 9.47 Å². The first-order valence-electron chi connectivity index (χ1n) is 6.17. The van der Waals surface area contributed by atoms with Crippen molar-refractivity contribution in [2.75, 3.05) is 38.3 Å². The highest BCUT2D eigenvalue weighted by Gasteiger charge is 2.23. The molecule has 0 unspecified atom stereocenters. The lowest BCUT2D eigenvalue weighted by molar-refractivity contribution is -0.0101. The molecule has 1 saturated heterocycles. The summed E-state index contributed by atoms with van der Waals surface area (Å²) in [4.78, 5) is 6.88. The summed E-state index contributed by atoms with van der Waals surface area (Å²) in [5.41, 5.74) is 0. The van der Waals surface area contributed by atoms with E-state index in [9.17, 15) is 0 Å². The molecule has 0 bridgehead atoms. The van der Waals surface area contributed by atoms with E-state index in [1.807, 2.05) is 6.20 Å². The third kappa shape index (κ3) is 2.63. The van der Waals surface area contributed by atoms with Crippen molar-refractivity contribution in [1.29, 1.82) is 0 Å². The van der Waals surface area contributed by atoms with Gasteiger partial charge in [-0.2, -0.15) is 0 Å². The van der Waals surface area contributed by atoms with Crippen LogP contribution in [0.2, 0.25) is 0 Å². The average Bonchev–Trinajstić information content (AvgIpc) is 2.90. The molecule has 3 heterocycles. The molecule has 0 spiro atoms. The van der Waals surface area contributed by atoms with E-state index in [-0.39, 0.29) is 6.10 Å². The van der Waals surface area contributed by atoms with Gasteiger partial charge in [-0.25, -0.2) is 4.98 Å². The van der Waals surface area contributed by atoms with Crippen LogP contribution in [0.3, 0.4) is 0 Å². The van der Waals surface area contributed by atoms with Gasteiger partial charge in [-0.3, -0.25) is 0 Å². The Morgan fingerprint density at radius 2 is 2.53 bits per heavy atom. The van der Waals surface area contributed by atoms with Gasteiger partial charge in [0.05, 0.1) is 24.0 Å². The predicted octanol–water partition coefficient (Wildman–Crippen LogP) is 2.91. The average molecular weight is 343 g/mol. The number of anilines is 1. The first-order valence-corrected chi connectivity index (χ1v) is 7.84. The van der Waals surface area contributed by atoms with E-state index in [4.69, 9.17) is 9.47 Å². The summed E-state index contributed by atoms with van der Waals surface area (Å²) < 4.78 is 13.1. The van der Waals surface area contributed by atoms with Crippen LogP contribution in [0.15, 0.2) is 22.1 Å². The Morgan fingerprint density at radius 3 is 3.37 bits per heavy atom. The van der Waals surface area contributed by atoms with Crippen LogP contribution in [-0.4, -0.2) is 44.5 Å². The van der Waals surface area contributed by atoms with Crippen molar-refractivity contribution in [2.24, 2.45) is 0 Å². The van der Waals surface area contributed by atoms with E-state index in [1.165, 1.54) is 10.1 Å². The summed E-state index contributed by atoms with van der Waals surface area (Å²) in [7, 11) is 1.71. The van der Waals surface area contributed by atoms with Crippen LogP contribution >= 0.6 is 27.3 Å². The molecule has 1 atom stereocenters. The van der Waals surface area contributed by atoms with Gasteiger partial charge < -0.3 is 14.4 Å². The quantitative estimate of drug-likeness (QED) is 0.858. The first kappa shape index (κ1) is 13.3. The van der Waals surface area contributed by atoms with Crippen molar-refractivity contribution in [3.05, 3.63) is 22.1 Å². The fourth-order valence-electron chi connectivity index (χ4n) is 2.34. The molecular formula is C13H15BrN2O2S. The molecule has 0 N–H and O–H groups in total. The van der Waals surface area contributed by atoms with Gasteiger partial charge in [-0.05, 0) is 27.4 Å². The molecule has 0 aromatic carbocycles. The van der Waals surface area contributed by atoms with Crippen LogP contribution in [0.25, 0.3) is 10.1 Å². The molecule has 3 rings (SSSR count). The summed E-state index contributed by atoms with van der Waals surface area (Å²) in [6.45, 7) is 3.05. The van der Waals surface area contributed by atoms with Crippen LogP contribution < -0.4 is 4.90 Å². The third-order valence-electron chi connectivity index (χ3n) is 3.22. The Balaban J connectivity index is 1.91. The van der Waals surface area contributed by atoms with E-state index in [2.05, 4.69) is 37.3 Å². The summed E-state index contributed by atoms with van der Waals surface area (Å²) in [5, 5.41) is 3.33. The highest BCUT2D eigenvalue weighted by Crippen LogP contribution is 2.34. The highest BCUT2D eigenvalue weighted by atomic mass is 79.9. The van der Waals surface area contributed by atoms with Gasteiger partial charge in [-0.1, -0.05) is 0 Å². The lowest BCUT2D eigenvalue weighted by Gasteiger charge is -2.33. The minimum Gasteiger partial charge on any atom is -0.382 e. The highest BCUT2D eigenvalue weighted by molar-refractivity contribution is 9.10. The molecule has 102 valence electrons. The zero-order chi connectivity index (χ0) is 13.2. The number of rotatable bonds is 3. The Morgan fingerprint density at radius 1 is 1.63 bits per heavy atom. The molecule has 0 aliphatic carbocycles. The minimum absolute atomic E-state index is 0.124. The van der Waals surface area contributed by atoms with Gasteiger partial charge in [0.25, 0.3) is 0 Å². The SMILES string of the molecule is COC[C@H]1CN(c2ncc(Br)c3ccsc23)CCO1. The second kappa shape index (κ2) is 5.75. The fraction of sp³-hybridized carbons (Fsp3) is 0.462. The maximum atomic E-state index is 5.69. The van der Waals surface area contributed by atoms with Crippen LogP contribution in [0, 0.1) is 0 Å². The molecule has 2 aromatic rings. The number of morpholine rings is 1. The summed E-state index contributed by atoms with van der Waals surface area (Å²) in [5.74, 6) is 1.05. The lowest BCUT2D eigenvalue weighted by Crippen LogP contribution is -2.44. The largest absolute Gasteiger partial charge is 0.382 e. The van der Waals surface area contributed by atoms with Gasteiger partial charge in [0.1, 0.15) is 5.82 Å². The Hall–Kier alpha value is -0.690. The lowest BCUT2D eigenvalue weighted by atomic mass is 10.2. The molecule has 1 aliphatic rings. The van der Waals surface area contributed by atoms with Crippen molar-refractivity contribution in [2.45, 2.75) is 6.10 Å².